The fourth-order valence-corrected chi connectivity index (χ4v) is 3.99. The summed E-state index contributed by atoms with van der Waals surface area (Å²) in [6, 6.07) is 18.0. The predicted molar refractivity (Wildman–Crippen MR) is 105 cm³/mol. The Morgan fingerprint density at radius 3 is 2.15 bits per heavy atom. The lowest BCUT2D eigenvalue weighted by Gasteiger charge is -2.40. The summed E-state index contributed by atoms with van der Waals surface area (Å²) < 4.78 is 5.49. The van der Waals surface area contributed by atoms with E-state index < -0.39 is 11.5 Å². The Morgan fingerprint density at radius 1 is 0.926 bits per heavy atom. The van der Waals surface area contributed by atoms with E-state index in [0.717, 1.165) is 37.7 Å². The van der Waals surface area contributed by atoms with Crippen LogP contribution in [0, 0.1) is 5.41 Å². The van der Waals surface area contributed by atoms with Crippen LogP contribution in [0.2, 0.25) is 0 Å². The molecule has 2 aromatic rings. The van der Waals surface area contributed by atoms with Gasteiger partial charge >= 0.3 is 5.97 Å². The fraction of sp³-hybridized carbons (Fsp3) is 0.391. The molecule has 0 aromatic heterocycles. The van der Waals surface area contributed by atoms with Crippen LogP contribution in [0.3, 0.4) is 0 Å². The molecule has 0 radical (unpaired) electrons. The minimum atomic E-state index is -0.690. The van der Waals surface area contributed by atoms with Crippen molar-refractivity contribution in [3.05, 3.63) is 71.8 Å². The highest BCUT2D eigenvalue weighted by Gasteiger charge is 2.43. The zero-order valence-corrected chi connectivity index (χ0v) is 15.6. The Kier molecular flexibility index (Phi) is 6.40. The van der Waals surface area contributed by atoms with Crippen LogP contribution in [-0.4, -0.2) is 17.8 Å². The van der Waals surface area contributed by atoms with Gasteiger partial charge in [0.05, 0.1) is 12.5 Å². The second kappa shape index (κ2) is 8.96. The largest absolute Gasteiger partial charge is 0.461 e. The molecule has 0 heterocycles. The summed E-state index contributed by atoms with van der Waals surface area (Å²) in [5.74, 6) is -0.370. The third kappa shape index (κ3) is 4.83. The molecule has 1 aliphatic rings. The minimum Gasteiger partial charge on any atom is -0.461 e. The van der Waals surface area contributed by atoms with Gasteiger partial charge in [-0.3, -0.25) is 9.59 Å². The van der Waals surface area contributed by atoms with Gasteiger partial charge in [-0.05, 0) is 18.4 Å². The van der Waals surface area contributed by atoms with E-state index in [0.29, 0.717) is 5.56 Å². The molecule has 4 nitrogen and oxygen atoms in total. The van der Waals surface area contributed by atoms with Crippen molar-refractivity contribution in [3.8, 4) is 0 Å². The van der Waals surface area contributed by atoms with E-state index in [9.17, 15) is 9.59 Å². The molecule has 1 aliphatic carbocycles. The lowest BCUT2D eigenvalue weighted by molar-refractivity contribution is -0.148. The van der Waals surface area contributed by atoms with Gasteiger partial charge < -0.3 is 10.5 Å². The number of ether oxygens (including phenoxy) is 1. The fourth-order valence-electron chi connectivity index (χ4n) is 3.99. The maximum Gasteiger partial charge on any atom is 0.306 e. The van der Waals surface area contributed by atoms with Gasteiger partial charge in [-0.1, -0.05) is 79.9 Å². The first-order chi connectivity index (χ1) is 13.1. The summed E-state index contributed by atoms with van der Waals surface area (Å²) in [4.78, 5) is 25.5. The summed E-state index contributed by atoms with van der Waals surface area (Å²) in [6.07, 6.45) is 4.86. The quantitative estimate of drug-likeness (QED) is 0.587. The van der Waals surface area contributed by atoms with Gasteiger partial charge in [0.2, 0.25) is 0 Å². The highest BCUT2D eigenvalue weighted by Crippen LogP contribution is 2.42. The highest BCUT2D eigenvalue weighted by atomic mass is 16.5. The van der Waals surface area contributed by atoms with Gasteiger partial charge in [-0.2, -0.15) is 0 Å². The molecular formula is C23H27NO3. The molecule has 3 rings (SSSR count). The second-order valence-electron chi connectivity index (χ2n) is 7.45. The second-order valence-corrected chi connectivity index (χ2v) is 7.45. The van der Waals surface area contributed by atoms with Crippen molar-refractivity contribution >= 4 is 11.8 Å². The molecule has 27 heavy (non-hydrogen) atoms. The van der Waals surface area contributed by atoms with E-state index >= 15 is 0 Å². The number of carbonyl (C=O) groups excluding carboxylic acids is 2. The topological polar surface area (TPSA) is 69.4 Å². The van der Waals surface area contributed by atoms with E-state index in [2.05, 4.69) is 0 Å². The number of hydrogen-bond acceptors (Lipinski definition) is 4. The van der Waals surface area contributed by atoms with Crippen molar-refractivity contribution in [2.75, 3.05) is 0 Å². The minimum absolute atomic E-state index is 0.0895. The Balaban J connectivity index is 1.70. The van der Waals surface area contributed by atoms with Gasteiger partial charge in [-0.15, -0.1) is 0 Å². The standard InChI is InChI=1S/C23H27NO3/c24-22(21(26)19-12-6-2-7-13-19)23(14-8-3-9-15-23)16-20(25)27-17-18-10-4-1-5-11-18/h1-2,4-7,10-13,22H,3,8-9,14-17,24H2. The van der Waals surface area contributed by atoms with Gasteiger partial charge in [-0.25, -0.2) is 0 Å². The van der Waals surface area contributed by atoms with Crippen LogP contribution in [0.5, 0.6) is 0 Å². The van der Waals surface area contributed by atoms with Crippen LogP contribution < -0.4 is 5.73 Å². The number of Topliss-reactive ketones (excluding diaryl/α,β-unsaturated/α-hetero) is 1. The third-order valence-electron chi connectivity index (χ3n) is 5.59. The molecule has 1 fully saturated rings. The molecule has 1 saturated carbocycles. The van der Waals surface area contributed by atoms with E-state index in [1.54, 1.807) is 12.1 Å². The van der Waals surface area contributed by atoms with Crippen LogP contribution in [0.25, 0.3) is 0 Å². The molecule has 142 valence electrons. The van der Waals surface area contributed by atoms with Crippen molar-refractivity contribution in [1.29, 1.82) is 0 Å². The number of nitrogens with two attached hydrogens (primary N) is 1. The first kappa shape index (κ1) is 19.3. The zero-order chi connectivity index (χ0) is 19.1. The Labute approximate surface area is 160 Å². The molecule has 0 aliphatic heterocycles. The maximum atomic E-state index is 12.9. The first-order valence-electron chi connectivity index (χ1n) is 9.65. The van der Waals surface area contributed by atoms with Crippen molar-refractivity contribution in [1.82, 2.24) is 0 Å². The van der Waals surface area contributed by atoms with Gasteiger partial charge in [0.25, 0.3) is 0 Å². The first-order valence-corrected chi connectivity index (χ1v) is 9.65. The van der Waals surface area contributed by atoms with Gasteiger partial charge in [0.1, 0.15) is 6.61 Å². The van der Waals surface area contributed by atoms with Crippen molar-refractivity contribution < 1.29 is 14.3 Å². The predicted octanol–water partition coefficient (Wildman–Crippen LogP) is 4.28. The molecule has 0 bridgehead atoms. The van der Waals surface area contributed by atoms with Crippen molar-refractivity contribution in [2.24, 2.45) is 11.1 Å². The van der Waals surface area contributed by atoms with Crippen molar-refractivity contribution in [3.63, 3.8) is 0 Å². The Morgan fingerprint density at radius 2 is 1.52 bits per heavy atom. The van der Waals surface area contributed by atoms with Crippen LogP contribution in [0.1, 0.15) is 54.4 Å². The van der Waals surface area contributed by atoms with Crippen LogP contribution in [-0.2, 0) is 16.1 Å². The van der Waals surface area contributed by atoms with Gasteiger partial charge in [0.15, 0.2) is 5.78 Å². The average Bonchev–Trinajstić information content (AvgIpc) is 2.73. The number of ketones is 1. The van der Waals surface area contributed by atoms with Gasteiger partial charge in [0, 0.05) is 11.0 Å². The van der Waals surface area contributed by atoms with E-state index in [-0.39, 0.29) is 24.8 Å². The summed E-state index contributed by atoms with van der Waals surface area (Å²) in [5, 5.41) is 0. The van der Waals surface area contributed by atoms with Crippen LogP contribution >= 0.6 is 0 Å². The summed E-state index contributed by atoms with van der Waals surface area (Å²) in [5.41, 5.74) is 7.50. The van der Waals surface area contributed by atoms with E-state index in [1.807, 2.05) is 48.5 Å². The number of esters is 1. The number of rotatable bonds is 7. The van der Waals surface area contributed by atoms with Crippen LogP contribution in [0.15, 0.2) is 60.7 Å². The lowest BCUT2D eigenvalue weighted by atomic mass is 9.65. The smallest absolute Gasteiger partial charge is 0.306 e. The normalized spacial score (nSPS) is 17.1. The number of carbonyl (C=O) groups is 2. The van der Waals surface area contributed by atoms with Crippen LogP contribution in [0.4, 0.5) is 0 Å². The molecule has 0 saturated heterocycles. The Bertz CT molecular complexity index is 752. The van der Waals surface area contributed by atoms with Crippen molar-refractivity contribution in [2.45, 2.75) is 51.2 Å². The lowest BCUT2D eigenvalue weighted by Crippen LogP contribution is -2.49. The third-order valence-corrected chi connectivity index (χ3v) is 5.59. The van der Waals surface area contributed by atoms with E-state index in [1.165, 1.54) is 0 Å². The summed E-state index contributed by atoms with van der Waals surface area (Å²) in [6.45, 7) is 0.248. The SMILES string of the molecule is NC(C(=O)c1ccccc1)C1(CC(=O)OCc2ccccc2)CCCCC1. The monoisotopic (exact) mass is 365 g/mol. The molecule has 2 aromatic carbocycles. The maximum absolute atomic E-state index is 12.9. The molecule has 0 amide bonds. The molecular weight excluding hydrogens is 338 g/mol. The average molecular weight is 365 g/mol. The molecule has 2 N–H and O–H groups in total. The number of benzene rings is 2. The Hall–Kier alpha value is -2.46. The zero-order valence-electron chi connectivity index (χ0n) is 15.6. The molecule has 1 atom stereocenters. The number of hydrogen-bond donors (Lipinski definition) is 1. The van der Waals surface area contributed by atoms with E-state index in [4.69, 9.17) is 10.5 Å². The molecule has 0 spiro atoms. The highest BCUT2D eigenvalue weighted by molar-refractivity contribution is 6.00. The molecule has 1 unspecified atom stereocenters. The molecule has 4 heteroatoms. The summed E-state index contributed by atoms with van der Waals surface area (Å²) >= 11 is 0. The summed E-state index contributed by atoms with van der Waals surface area (Å²) in [7, 11) is 0.